The van der Waals surface area contributed by atoms with Gasteiger partial charge < -0.3 is 9.13 Å². The van der Waals surface area contributed by atoms with Crippen LogP contribution >= 0.6 is 11.3 Å². The molecule has 0 unspecified atom stereocenters. The molecule has 12 rings (SSSR count). The first-order valence-corrected chi connectivity index (χ1v) is 19.9. The van der Waals surface area contributed by atoms with Gasteiger partial charge in [-0.25, -0.2) is 15.0 Å². The number of benzene rings is 8. The van der Waals surface area contributed by atoms with E-state index in [1.807, 2.05) is 72.0 Å². The molecular weight excluding hydrogens is 715 g/mol. The van der Waals surface area contributed by atoms with Crippen LogP contribution in [0.15, 0.2) is 188 Å². The van der Waals surface area contributed by atoms with Crippen LogP contribution in [0.4, 0.5) is 0 Å². The number of nitrogens with zero attached hydrogens (tertiary/aromatic N) is 5. The molecule has 0 aliphatic carbocycles. The molecule has 4 heterocycles. The molecule has 0 amide bonds. The molecule has 0 N–H and O–H groups in total. The lowest BCUT2D eigenvalue weighted by atomic mass is 10.1. The third-order valence-electron chi connectivity index (χ3n) is 11.2. The smallest absolute Gasteiger partial charge is 0.164 e. The van der Waals surface area contributed by atoms with Crippen molar-refractivity contribution in [2.75, 3.05) is 0 Å². The summed E-state index contributed by atoms with van der Waals surface area (Å²) in [5.74, 6) is 1.94. The summed E-state index contributed by atoms with van der Waals surface area (Å²) >= 11 is 1.89. The van der Waals surface area contributed by atoms with Crippen LogP contribution in [0.3, 0.4) is 0 Å². The molecule has 57 heavy (non-hydrogen) atoms. The molecule has 266 valence electrons. The summed E-state index contributed by atoms with van der Waals surface area (Å²) in [6, 6.07) is 66.6. The van der Waals surface area contributed by atoms with E-state index in [0.29, 0.717) is 17.5 Å². The van der Waals surface area contributed by atoms with Crippen molar-refractivity contribution in [1.29, 1.82) is 0 Å². The van der Waals surface area contributed by atoms with Crippen LogP contribution in [0.1, 0.15) is 0 Å². The lowest BCUT2D eigenvalue weighted by Crippen LogP contribution is -2.00. The zero-order valence-corrected chi connectivity index (χ0v) is 31.4. The van der Waals surface area contributed by atoms with Gasteiger partial charge in [0.15, 0.2) is 17.5 Å². The average Bonchev–Trinajstić information content (AvgIpc) is 3.93. The molecule has 6 heteroatoms. The Bertz CT molecular complexity index is 3430. The molecule has 0 aliphatic rings. The van der Waals surface area contributed by atoms with E-state index in [0.717, 1.165) is 39.1 Å². The summed E-state index contributed by atoms with van der Waals surface area (Å²) in [5, 5.41) is 7.63. The van der Waals surface area contributed by atoms with Crippen molar-refractivity contribution < 1.29 is 0 Å². The lowest BCUT2D eigenvalue weighted by Gasteiger charge is -2.11. The topological polar surface area (TPSA) is 48.5 Å². The van der Waals surface area contributed by atoms with Crippen LogP contribution in [-0.4, -0.2) is 24.1 Å². The van der Waals surface area contributed by atoms with Gasteiger partial charge in [-0.15, -0.1) is 11.3 Å². The van der Waals surface area contributed by atoms with Crippen molar-refractivity contribution in [3.63, 3.8) is 0 Å². The first-order valence-electron chi connectivity index (χ1n) is 19.1. The first-order chi connectivity index (χ1) is 28.3. The second-order valence-corrected chi connectivity index (χ2v) is 15.5. The number of fused-ring (bicyclic) bond motifs is 10. The van der Waals surface area contributed by atoms with Crippen molar-refractivity contribution in [1.82, 2.24) is 24.1 Å². The van der Waals surface area contributed by atoms with Crippen LogP contribution in [0.25, 0.3) is 109 Å². The van der Waals surface area contributed by atoms with Gasteiger partial charge in [0.25, 0.3) is 0 Å². The quantitative estimate of drug-likeness (QED) is 0.176. The minimum absolute atomic E-state index is 0.637. The highest BCUT2D eigenvalue weighted by Crippen LogP contribution is 2.45. The van der Waals surface area contributed by atoms with Gasteiger partial charge in [0.2, 0.25) is 0 Å². The van der Waals surface area contributed by atoms with Crippen molar-refractivity contribution in [3.8, 4) is 45.5 Å². The van der Waals surface area contributed by atoms with Crippen LogP contribution in [-0.2, 0) is 0 Å². The molecule has 0 fully saturated rings. The molecule has 0 spiro atoms. The monoisotopic (exact) mass is 745 g/mol. The van der Waals surface area contributed by atoms with Gasteiger partial charge in [0, 0.05) is 69.8 Å². The summed E-state index contributed by atoms with van der Waals surface area (Å²) in [6.07, 6.45) is 0. The normalized spacial score (nSPS) is 11.9. The molecule has 0 aliphatic heterocycles. The maximum atomic E-state index is 4.99. The standard InChI is InChI=1S/C51H31N5S/c1-4-14-32(15-5-1)49-52-50(33-16-6-2-7-17-33)54-51(53-49)34-24-26-36(27-25-34)55-42-22-12-10-20-37(42)40-30-41-45(31-44(40)55)56(35-18-8-3-9-19-35)43-29-28-39-38-21-11-13-23-46(38)57-48(39)47(41)43/h1-31H. The Balaban J connectivity index is 1.08. The molecule has 8 aromatic carbocycles. The molecule has 4 aromatic heterocycles. The molecule has 0 radical (unpaired) electrons. The summed E-state index contributed by atoms with van der Waals surface area (Å²) < 4.78 is 7.48. The molecule has 12 aromatic rings. The summed E-state index contributed by atoms with van der Waals surface area (Å²) in [6.45, 7) is 0. The number of thiophene rings is 1. The fourth-order valence-corrected chi connectivity index (χ4v) is 9.83. The van der Waals surface area contributed by atoms with E-state index >= 15 is 0 Å². The van der Waals surface area contributed by atoms with E-state index in [1.165, 1.54) is 52.8 Å². The SMILES string of the molecule is c1ccc(-c2nc(-c3ccccc3)nc(-c3ccc(-n4c5ccccc5c5cc6c7c8sc9ccccc9c8ccc7n(-c7ccccc7)c6cc54)cc3)n2)cc1. The molecule has 0 bridgehead atoms. The van der Waals surface area contributed by atoms with Crippen LogP contribution in [0.5, 0.6) is 0 Å². The minimum Gasteiger partial charge on any atom is -0.309 e. The van der Waals surface area contributed by atoms with Gasteiger partial charge in [0.1, 0.15) is 0 Å². The predicted octanol–water partition coefficient (Wildman–Crippen LogP) is 13.4. The van der Waals surface area contributed by atoms with Crippen LogP contribution < -0.4 is 0 Å². The second kappa shape index (κ2) is 12.6. The van der Waals surface area contributed by atoms with Gasteiger partial charge in [-0.2, -0.15) is 0 Å². The van der Waals surface area contributed by atoms with Crippen LogP contribution in [0.2, 0.25) is 0 Å². The van der Waals surface area contributed by atoms with Crippen molar-refractivity contribution >= 4 is 75.1 Å². The van der Waals surface area contributed by atoms with Gasteiger partial charge in [-0.3, -0.25) is 0 Å². The molecule has 5 nitrogen and oxygen atoms in total. The number of aromatic nitrogens is 5. The summed E-state index contributed by atoms with van der Waals surface area (Å²) in [5.41, 5.74) is 9.75. The molecule has 0 saturated carbocycles. The minimum atomic E-state index is 0.637. The molecular formula is C51H31N5S. The highest BCUT2D eigenvalue weighted by Gasteiger charge is 2.21. The number of hydrogen-bond donors (Lipinski definition) is 0. The third-order valence-corrected chi connectivity index (χ3v) is 12.4. The van der Waals surface area contributed by atoms with E-state index in [4.69, 9.17) is 15.0 Å². The van der Waals surface area contributed by atoms with Gasteiger partial charge in [-0.1, -0.05) is 121 Å². The number of rotatable bonds is 5. The van der Waals surface area contributed by atoms with E-state index in [2.05, 4.69) is 137 Å². The maximum absolute atomic E-state index is 4.99. The highest BCUT2D eigenvalue weighted by atomic mass is 32.1. The predicted molar refractivity (Wildman–Crippen MR) is 238 cm³/mol. The molecule has 0 atom stereocenters. The Morgan fingerprint density at radius 3 is 1.54 bits per heavy atom. The van der Waals surface area contributed by atoms with Gasteiger partial charge in [0.05, 0.1) is 22.1 Å². The number of hydrogen-bond acceptors (Lipinski definition) is 4. The van der Waals surface area contributed by atoms with Crippen LogP contribution in [0, 0.1) is 0 Å². The Labute approximate surface area is 331 Å². The summed E-state index contributed by atoms with van der Waals surface area (Å²) in [7, 11) is 0. The molecule has 0 saturated heterocycles. The fourth-order valence-electron chi connectivity index (χ4n) is 8.57. The largest absolute Gasteiger partial charge is 0.309 e. The third kappa shape index (κ3) is 4.98. The van der Waals surface area contributed by atoms with E-state index in [1.54, 1.807) is 0 Å². The van der Waals surface area contributed by atoms with Gasteiger partial charge >= 0.3 is 0 Å². The Kier molecular flexibility index (Phi) is 7.03. The van der Waals surface area contributed by atoms with Crippen molar-refractivity contribution in [2.24, 2.45) is 0 Å². The lowest BCUT2D eigenvalue weighted by molar-refractivity contribution is 1.07. The second-order valence-electron chi connectivity index (χ2n) is 14.4. The highest BCUT2D eigenvalue weighted by molar-refractivity contribution is 7.26. The zero-order chi connectivity index (χ0) is 37.5. The Hall–Kier alpha value is -7.41. The average molecular weight is 746 g/mol. The summed E-state index contributed by atoms with van der Waals surface area (Å²) in [4.78, 5) is 14.9. The van der Waals surface area contributed by atoms with E-state index in [-0.39, 0.29) is 0 Å². The van der Waals surface area contributed by atoms with Crippen molar-refractivity contribution in [3.05, 3.63) is 188 Å². The van der Waals surface area contributed by atoms with Gasteiger partial charge in [-0.05, 0) is 66.7 Å². The Morgan fingerprint density at radius 2 is 0.860 bits per heavy atom. The fraction of sp³-hybridized carbons (Fsp3) is 0. The van der Waals surface area contributed by atoms with E-state index < -0.39 is 0 Å². The first kappa shape index (κ1) is 31.9. The zero-order valence-electron chi connectivity index (χ0n) is 30.5. The Morgan fingerprint density at radius 1 is 0.333 bits per heavy atom. The maximum Gasteiger partial charge on any atom is 0.164 e. The van der Waals surface area contributed by atoms with E-state index in [9.17, 15) is 0 Å². The number of para-hydroxylation sites is 2. The van der Waals surface area contributed by atoms with Crippen molar-refractivity contribution in [2.45, 2.75) is 0 Å².